The van der Waals surface area contributed by atoms with Crippen molar-refractivity contribution in [2.45, 2.75) is 65.2 Å². The molecule has 0 unspecified atom stereocenters. The summed E-state index contributed by atoms with van der Waals surface area (Å²) in [4.78, 5) is 14.9. The van der Waals surface area contributed by atoms with E-state index >= 15 is 0 Å². The van der Waals surface area contributed by atoms with Crippen molar-refractivity contribution in [2.24, 2.45) is 0 Å². The number of hydrogen-bond acceptors (Lipinski definition) is 4. The molecule has 0 saturated heterocycles. The van der Waals surface area contributed by atoms with Gasteiger partial charge in [-0.2, -0.15) is 0 Å². The van der Waals surface area contributed by atoms with E-state index in [1.54, 1.807) is 0 Å². The van der Waals surface area contributed by atoms with Crippen molar-refractivity contribution in [2.75, 3.05) is 0 Å². The van der Waals surface area contributed by atoms with Gasteiger partial charge in [-0.05, 0) is 89.4 Å². The second-order valence-electron chi connectivity index (χ2n) is 12.8. The van der Waals surface area contributed by atoms with Crippen LogP contribution in [0.4, 0.5) is 0 Å². The zero-order valence-electron chi connectivity index (χ0n) is 25.5. The fraction of sp³-hybridized carbons (Fsp3) is 0.263. The zero-order valence-corrected chi connectivity index (χ0v) is 28.7. The second kappa shape index (κ2) is 11.6. The maximum atomic E-state index is 10.0. The van der Waals surface area contributed by atoms with Gasteiger partial charge in [0.1, 0.15) is 0 Å². The van der Waals surface area contributed by atoms with Crippen LogP contribution in [0, 0.1) is 6.07 Å². The molecule has 221 valence electrons. The maximum absolute atomic E-state index is 10.0. The standard InChI is InChI=1S/C33H28NS.C5H8O2.Ir/c1-32(2)13-14-33(3,4)28-19-30-26(18-27(28)32)25-17-24-21(16-29(25)35-30)12-15-34-31(24)23-11-7-9-20-8-5-6-10-22(20)23;1-4(6)3-5(2)7;/h5-10,12,15-19H,13-14H2,1-4H3;3,6H,1-2H3;/q-1;;/b;4-3-;. The van der Waals surface area contributed by atoms with E-state index in [9.17, 15) is 4.79 Å². The Kier molecular flexibility index (Phi) is 8.39. The molecule has 6 aromatic rings. The Morgan fingerprint density at radius 3 is 2.16 bits per heavy atom. The zero-order chi connectivity index (χ0) is 29.8. The number of rotatable bonds is 2. The summed E-state index contributed by atoms with van der Waals surface area (Å²) in [5, 5.41) is 15.9. The van der Waals surface area contributed by atoms with Gasteiger partial charge in [-0.1, -0.05) is 63.4 Å². The van der Waals surface area contributed by atoms with E-state index in [4.69, 9.17) is 10.1 Å². The molecule has 0 spiro atoms. The van der Waals surface area contributed by atoms with E-state index in [-0.39, 0.29) is 42.5 Å². The number of hydrogen-bond donors (Lipinski definition) is 1. The Bertz CT molecular complexity index is 2040. The van der Waals surface area contributed by atoms with Crippen molar-refractivity contribution in [3.05, 3.63) is 102 Å². The molecule has 0 amide bonds. The number of allylic oxidation sites excluding steroid dienone is 2. The molecule has 4 aromatic carbocycles. The molecule has 1 aliphatic carbocycles. The third-order valence-electron chi connectivity index (χ3n) is 8.70. The molecule has 0 saturated carbocycles. The number of aliphatic hydroxyl groups excluding tert-OH is 1. The van der Waals surface area contributed by atoms with Gasteiger partial charge in [0.25, 0.3) is 0 Å². The fourth-order valence-corrected chi connectivity index (χ4v) is 7.51. The Morgan fingerprint density at radius 1 is 0.837 bits per heavy atom. The van der Waals surface area contributed by atoms with Crippen LogP contribution in [0.5, 0.6) is 0 Å². The summed E-state index contributed by atoms with van der Waals surface area (Å²) in [6.45, 7) is 12.5. The summed E-state index contributed by atoms with van der Waals surface area (Å²) >= 11 is 1.93. The molecule has 1 radical (unpaired) electrons. The van der Waals surface area contributed by atoms with Crippen LogP contribution in [0.1, 0.15) is 65.5 Å². The van der Waals surface area contributed by atoms with E-state index < -0.39 is 0 Å². The molecular weight excluding hydrogens is 727 g/mol. The SMILES string of the molecule is CC(=O)/C=C(/C)O.CC1(C)CCC(C)(C)c2cc3c(cc21)sc1cc2ccnc(-c4[c-]ccc5ccccc45)c2cc13.[Ir]. The van der Waals surface area contributed by atoms with Crippen molar-refractivity contribution in [3.8, 4) is 11.3 Å². The minimum Gasteiger partial charge on any atom is -0.512 e. The van der Waals surface area contributed by atoms with Crippen LogP contribution in [0.25, 0.3) is 53.0 Å². The summed E-state index contributed by atoms with van der Waals surface area (Å²) < 4.78 is 2.75. The number of carbonyl (C=O) groups is 1. The van der Waals surface area contributed by atoms with Crippen molar-refractivity contribution in [1.29, 1.82) is 0 Å². The van der Waals surface area contributed by atoms with Gasteiger partial charge in [-0.3, -0.25) is 4.79 Å². The van der Waals surface area contributed by atoms with Gasteiger partial charge in [0.15, 0.2) is 5.78 Å². The van der Waals surface area contributed by atoms with Crippen LogP contribution in [0.2, 0.25) is 0 Å². The van der Waals surface area contributed by atoms with Gasteiger partial charge in [0.05, 0.1) is 5.76 Å². The molecule has 3 nitrogen and oxygen atoms in total. The predicted molar refractivity (Wildman–Crippen MR) is 179 cm³/mol. The normalized spacial score (nSPS) is 15.5. The monoisotopic (exact) mass is 763 g/mol. The van der Waals surface area contributed by atoms with E-state index in [0.29, 0.717) is 0 Å². The van der Waals surface area contributed by atoms with Crippen LogP contribution in [0.15, 0.2) is 84.8 Å². The van der Waals surface area contributed by atoms with Crippen molar-refractivity contribution in [3.63, 3.8) is 0 Å². The summed E-state index contributed by atoms with van der Waals surface area (Å²) in [6, 6.07) is 28.1. The predicted octanol–water partition coefficient (Wildman–Crippen LogP) is 10.6. The third-order valence-corrected chi connectivity index (χ3v) is 9.81. The average molecular weight is 763 g/mol. The minimum atomic E-state index is -0.125. The summed E-state index contributed by atoms with van der Waals surface area (Å²) in [5.41, 5.74) is 5.57. The third kappa shape index (κ3) is 5.79. The van der Waals surface area contributed by atoms with Gasteiger partial charge >= 0.3 is 0 Å². The van der Waals surface area contributed by atoms with E-state index in [1.807, 2.05) is 23.6 Å². The van der Waals surface area contributed by atoms with Crippen LogP contribution < -0.4 is 0 Å². The maximum Gasteiger partial charge on any atom is 0.155 e. The molecule has 0 fully saturated rings. The molecule has 1 aliphatic rings. The number of thiophene rings is 1. The first-order chi connectivity index (χ1) is 19.9. The number of pyridine rings is 1. The molecule has 0 bridgehead atoms. The number of carbonyl (C=O) groups excluding carboxylic acids is 1. The topological polar surface area (TPSA) is 50.2 Å². The van der Waals surface area contributed by atoms with Gasteiger partial charge in [-0.25, -0.2) is 0 Å². The smallest absolute Gasteiger partial charge is 0.155 e. The van der Waals surface area contributed by atoms with Crippen molar-refractivity contribution >= 4 is 58.8 Å². The number of fused-ring (bicyclic) bond motifs is 6. The second-order valence-corrected chi connectivity index (χ2v) is 13.9. The minimum absolute atomic E-state index is 0. The molecule has 1 N–H and O–H groups in total. The number of aromatic nitrogens is 1. The van der Waals surface area contributed by atoms with E-state index in [1.165, 1.54) is 85.6 Å². The van der Waals surface area contributed by atoms with Gasteiger partial charge in [0.2, 0.25) is 0 Å². The number of ketones is 1. The van der Waals surface area contributed by atoms with Crippen LogP contribution in [0.3, 0.4) is 0 Å². The number of aliphatic hydroxyl groups is 1. The van der Waals surface area contributed by atoms with Crippen molar-refractivity contribution < 1.29 is 30.0 Å². The molecule has 43 heavy (non-hydrogen) atoms. The quantitative estimate of drug-likeness (QED) is 0.109. The molecule has 2 heterocycles. The summed E-state index contributed by atoms with van der Waals surface area (Å²) in [7, 11) is 0. The fourth-order valence-electron chi connectivity index (χ4n) is 6.35. The largest absolute Gasteiger partial charge is 0.512 e. The van der Waals surface area contributed by atoms with Gasteiger partial charge < -0.3 is 10.1 Å². The van der Waals surface area contributed by atoms with Crippen molar-refractivity contribution in [1.82, 2.24) is 4.98 Å². The number of benzene rings is 4. The summed E-state index contributed by atoms with van der Waals surface area (Å²) in [5.74, 6) is -0.0625. The Balaban J connectivity index is 0.000000415. The van der Waals surface area contributed by atoms with Crippen LogP contribution in [-0.2, 0) is 35.7 Å². The Morgan fingerprint density at radius 2 is 1.49 bits per heavy atom. The van der Waals surface area contributed by atoms with E-state index in [2.05, 4.69) is 94.4 Å². The number of nitrogens with zero attached hydrogens (tertiary/aromatic N) is 1. The van der Waals surface area contributed by atoms with E-state index in [0.717, 1.165) is 11.3 Å². The first-order valence-electron chi connectivity index (χ1n) is 14.5. The molecule has 5 heteroatoms. The molecule has 2 aromatic heterocycles. The van der Waals surface area contributed by atoms with Gasteiger partial charge in [0, 0.05) is 52.6 Å². The Hall–Kier alpha value is -3.37. The summed E-state index contributed by atoms with van der Waals surface area (Å²) in [6.07, 6.45) is 5.58. The first kappa shape index (κ1) is 31.1. The Labute approximate surface area is 271 Å². The molecule has 0 atom stereocenters. The van der Waals surface area contributed by atoms with Crippen LogP contribution >= 0.6 is 11.3 Å². The average Bonchev–Trinajstić information content (AvgIpc) is 3.29. The molecule has 7 rings (SSSR count). The first-order valence-corrected chi connectivity index (χ1v) is 15.3. The molecular formula is C38H36IrNO2S-. The molecule has 0 aliphatic heterocycles. The van der Waals surface area contributed by atoms with Crippen LogP contribution in [-0.4, -0.2) is 15.9 Å². The van der Waals surface area contributed by atoms with Gasteiger partial charge in [-0.15, -0.1) is 40.5 Å².